The molecule has 21 heavy (non-hydrogen) atoms. The van der Waals surface area contributed by atoms with Crippen LogP contribution in [0, 0.1) is 0 Å². The van der Waals surface area contributed by atoms with Gasteiger partial charge in [0.25, 0.3) is 0 Å². The van der Waals surface area contributed by atoms with Crippen molar-refractivity contribution in [2.75, 3.05) is 11.5 Å². The third-order valence-corrected chi connectivity index (χ3v) is 3.92. The van der Waals surface area contributed by atoms with Gasteiger partial charge in [0.15, 0.2) is 0 Å². The van der Waals surface area contributed by atoms with Crippen molar-refractivity contribution in [1.29, 1.82) is 0 Å². The summed E-state index contributed by atoms with van der Waals surface area (Å²) in [7, 11) is 0. The zero-order valence-corrected chi connectivity index (χ0v) is 14.3. The molecule has 0 saturated carbocycles. The van der Waals surface area contributed by atoms with Crippen molar-refractivity contribution in [3.63, 3.8) is 0 Å². The molecule has 0 fully saturated rings. The van der Waals surface area contributed by atoms with E-state index in [0.29, 0.717) is 11.5 Å². The Bertz CT molecular complexity index is 437. The Hall–Kier alpha value is -1.00. The van der Waals surface area contributed by atoms with E-state index < -0.39 is 5.60 Å². The molecule has 0 saturated heterocycles. The van der Waals surface area contributed by atoms with Crippen LogP contribution in [0.1, 0.15) is 51.3 Å². The standard InChI is InChI=1S/C17H27NO2S/c1-5-6-13-7-9-14(10-8-13)15(18)11-21-12-16(19)20-17(2,3)4/h7-10,15H,5-6,11-12,18H2,1-4H3. The number of carbonyl (C=O) groups is 1. The molecule has 0 aliphatic rings. The Morgan fingerprint density at radius 3 is 2.43 bits per heavy atom. The number of aryl methyl sites for hydroxylation is 1. The van der Waals surface area contributed by atoms with Crippen molar-refractivity contribution in [1.82, 2.24) is 0 Å². The summed E-state index contributed by atoms with van der Waals surface area (Å²) in [4.78, 5) is 11.6. The molecule has 1 unspecified atom stereocenters. The van der Waals surface area contributed by atoms with Crippen LogP contribution in [0.5, 0.6) is 0 Å². The van der Waals surface area contributed by atoms with Gasteiger partial charge in [0.2, 0.25) is 0 Å². The van der Waals surface area contributed by atoms with E-state index in [0.717, 1.165) is 18.4 Å². The van der Waals surface area contributed by atoms with Gasteiger partial charge >= 0.3 is 5.97 Å². The monoisotopic (exact) mass is 309 g/mol. The van der Waals surface area contributed by atoms with Gasteiger partial charge in [0, 0.05) is 11.8 Å². The molecule has 0 aliphatic heterocycles. The molecule has 0 amide bonds. The maximum absolute atomic E-state index is 11.6. The van der Waals surface area contributed by atoms with Crippen molar-refractivity contribution in [3.05, 3.63) is 35.4 Å². The Labute approximate surface area is 132 Å². The highest BCUT2D eigenvalue weighted by atomic mass is 32.2. The first kappa shape index (κ1) is 18.1. The van der Waals surface area contributed by atoms with Crippen LogP contribution < -0.4 is 5.73 Å². The van der Waals surface area contributed by atoms with E-state index in [2.05, 4.69) is 31.2 Å². The van der Waals surface area contributed by atoms with Crippen molar-refractivity contribution < 1.29 is 9.53 Å². The Balaban J connectivity index is 2.36. The molecule has 0 spiro atoms. The number of hydrogen-bond donors (Lipinski definition) is 1. The zero-order chi connectivity index (χ0) is 15.9. The summed E-state index contributed by atoms with van der Waals surface area (Å²) in [6.45, 7) is 7.80. The number of ether oxygens (including phenoxy) is 1. The fraction of sp³-hybridized carbons (Fsp3) is 0.588. The highest BCUT2D eigenvalue weighted by Crippen LogP contribution is 2.18. The van der Waals surface area contributed by atoms with Gasteiger partial charge in [-0.25, -0.2) is 0 Å². The second kappa shape index (κ2) is 8.44. The normalized spacial score (nSPS) is 13.0. The molecule has 1 atom stereocenters. The Morgan fingerprint density at radius 1 is 1.29 bits per heavy atom. The summed E-state index contributed by atoms with van der Waals surface area (Å²) in [6, 6.07) is 8.40. The van der Waals surface area contributed by atoms with Crippen molar-refractivity contribution in [3.8, 4) is 0 Å². The summed E-state index contributed by atoms with van der Waals surface area (Å²) in [5.41, 5.74) is 8.20. The van der Waals surface area contributed by atoms with Gasteiger partial charge in [-0.1, -0.05) is 37.6 Å². The van der Waals surface area contributed by atoms with Crippen LogP contribution in [0.3, 0.4) is 0 Å². The molecule has 3 nitrogen and oxygen atoms in total. The van der Waals surface area contributed by atoms with Gasteiger partial charge in [-0.15, -0.1) is 11.8 Å². The van der Waals surface area contributed by atoms with Crippen LogP contribution in [0.25, 0.3) is 0 Å². The molecule has 4 heteroatoms. The summed E-state index contributed by atoms with van der Waals surface area (Å²) in [6.07, 6.45) is 2.25. The van der Waals surface area contributed by atoms with Crippen molar-refractivity contribution >= 4 is 17.7 Å². The molecule has 0 aromatic heterocycles. The summed E-state index contributed by atoms with van der Waals surface area (Å²) < 4.78 is 5.27. The lowest BCUT2D eigenvalue weighted by Gasteiger charge is -2.19. The van der Waals surface area contributed by atoms with Crippen molar-refractivity contribution in [2.45, 2.75) is 52.2 Å². The van der Waals surface area contributed by atoms with Gasteiger partial charge in [-0.05, 0) is 38.3 Å². The van der Waals surface area contributed by atoms with E-state index in [9.17, 15) is 4.79 Å². The van der Waals surface area contributed by atoms with Gasteiger partial charge in [-0.2, -0.15) is 0 Å². The lowest BCUT2D eigenvalue weighted by Crippen LogP contribution is -2.25. The Morgan fingerprint density at radius 2 is 1.90 bits per heavy atom. The summed E-state index contributed by atoms with van der Waals surface area (Å²) in [5.74, 6) is 0.878. The largest absolute Gasteiger partial charge is 0.459 e. The number of esters is 1. The second-order valence-corrected chi connectivity index (χ2v) is 7.23. The number of carbonyl (C=O) groups excluding carboxylic acids is 1. The van der Waals surface area contributed by atoms with Crippen molar-refractivity contribution in [2.24, 2.45) is 5.73 Å². The van der Waals surface area contributed by atoms with E-state index in [1.807, 2.05) is 20.8 Å². The van der Waals surface area contributed by atoms with Crippen LogP contribution >= 0.6 is 11.8 Å². The topological polar surface area (TPSA) is 52.3 Å². The van der Waals surface area contributed by atoms with Gasteiger partial charge < -0.3 is 10.5 Å². The zero-order valence-electron chi connectivity index (χ0n) is 13.5. The molecule has 2 N–H and O–H groups in total. The molecule has 0 radical (unpaired) electrons. The summed E-state index contributed by atoms with van der Waals surface area (Å²) in [5, 5.41) is 0. The smallest absolute Gasteiger partial charge is 0.316 e. The minimum absolute atomic E-state index is 0.0480. The first-order chi connectivity index (χ1) is 9.81. The van der Waals surface area contributed by atoms with E-state index in [1.165, 1.54) is 17.3 Å². The van der Waals surface area contributed by atoms with E-state index >= 15 is 0 Å². The predicted octanol–water partition coefficient (Wildman–Crippen LogP) is 3.71. The quantitative estimate of drug-likeness (QED) is 0.780. The molecular weight excluding hydrogens is 282 g/mol. The van der Waals surface area contributed by atoms with Crippen LogP contribution in [0.4, 0.5) is 0 Å². The Kier molecular flexibility index (Phi) is 7.26. The van der Waals surface area contributed by atoms with Crippen LogP contribution in [0.2, 0.25) is 0 Å². The van der Waals surface area contributed by atoms with E-state index in [-0.39, 0.29) is 12.0 Å². The molecule has 1 aromatic carbocycles. The lowest BCUT2D eigenvalue weighted by atomic mass is 10.0. The first-order valence-electron chi connectivity index (χ1n) is 7.46. The fourth-order valence-electron chi connectivity index (χ4n) is 1.96. The number of nitrogens with two attached hydrogens (primary N) is 1. The second-order valence-electron chi connectivity index (χ2n) is 6.20. The van der Waals surface area contributed by atoms with E-state index in [1.54, 1.807) is 0 Å². The molecule has 118 valence electrons. The fourth-order valence-corrected chi connectivity index (χ4v) is 2.75. The molecule has 0 bridgehead atoms. The van der Waals surface area contributed by atoms with Gasteiger partial charge in [-0.3, -0.25) is 4.79 Å². The highest BCUT2D eigenvalue weighted by molar-refractivity contribution is 7.99. The minimum Gasteiger partial charge on any atom is -0.459 e. The molecule has 0 aliphatic carbocycles. The van der Waals surface area contributed by atoms with Crippen LogP contribution in [0.15, 0.2) is 24.3 Å². The van der Waals surface area contributed by atoms with Crippen LogP contribution in [-0.2, 0) is 16.0 Å². The maximum Gasteiger partial charge on any atom is 0.316 e. The van der Waals surface area contributed by atoms with Gasteiger partial charge in [0.1, 0.15) is 5.60 Å². The molecule has 1 aromatic rings. The number of rotatable bonds is 7. The van der Waals surface area contributed by atoms with Gasteiger partial charge in [0.05, 0.1) is 5.75 Å². The number of thioether (sulfide) groups is 1. The minimum atomic E-state index is -0.422. The van der Waals surface area contributed by atoms with Crippen LogP contribution in [-0.4, -0.2) is 23.1 Å². The lowest BCUT2D eigenvalue weighted by molar-refractivity contribution is -0.151. The maximum atomic E-state index is 11.6. The van der Waals surface area contributed by atoms with E-state index in [4.69, 9.17) is 10.5 Å². The average molecular weight is 309 g/mol. The number of benzene rings is 1. The summed E-state index contributed by atoms with van der Waals surface area (Å²) >= 11 is 1.52. The average Bonchev–Trinajstić information content (AvgIpc) is 2.37. The number of hydrogen-bond acceptors (Lipinski definition) is 4. The highest BCUT2D eigenvalue weighted by Gasteiger charge is 2.16. The first-order valence-corrected chi connectivity index (χ1v) is 8.61. The SMILES string of the molecule is CCCc1ccc(C(N)CSCC(=O)OC(C)(C)C)cc1. The third kappa shape index (κ3) is 7.53. The third-order valence-electron chi connectivity index (χ3n) is 2.88. The predicted molar refractivity (Wildman–Crippen MR) is 90.5 cm³/mol. The molecular formula is C17H27NO2S. The molecule has 1 rings (SSSR count). The molecule has 0 heterocycles.